The van der Waals surface area contributed by atoms with Crippen LogP contribution in [0.25, 0.3) is 0 Å². The summed E-state index contributed by atoms with van der Waals surface area (Å²) in [5.74, 6) is -0.476. The van der Waals surface area contributed by atoms with Gasteiger partial charge in [-0.05, 0) is 49.2 Å². The first-order chi connectivity index (χ1) is 13.7. The van der Waals surface area contributed by atoms with Gasteiger partial charge in [0.25, 0.3) is 5.91 Å². The van der Waals surface area contributed by atoms with Gasteiger partial charge in [-0.25, -0.2) is 4.79 Å². The van der Waals surface area contributed by atoms with Gasteiger partial charge < -0.3 is 14.8 Å². The molecule has 1 atom stereocenters. The van der Waals surface area contributed by atoms with Crippen LogP contribution in [0.1, 0.15) is 31.1 Å². The molecular weight excluding hydrogens is 400 g/mol. The van der Waals surface area contributed by atoms with Crippen LogP contribution in [0.2, 0.25) is 5.02 Å². The fraction of sp³-hybridized carbons (Fsp3) is 0.300. The van der Waals surface area contributed by atoms with Crippen LogP contribution in [0.15, 0.2) is 42.5 Å². The Morgan fingerprint density at radius 3 is 2.38 bits per heavy atom. The first-order valence-corrected chi connectivity index (χ1v) is 9.23. The molecule has 1 amide bonds. The molecule has 0 aliphatic carbocycles. The fourth-order valence-electron chi connectivity index (χ4n) is 2.18. The summed E-state index contributed by atoms with van der Waals surface area (Å²) < 4.78 is 10.5. The summed E-state index contributed by atoms with van der Waals surface area (Å²) in [5.41, 5.74) is -0.0599. The van der Waals surface area contributed by atoms with Gasteiger partial charge in [0, 0.05) is 17.1 Å². The zero-order chi connectivity index (χ0) is 21.6. The van der Waals surface area contributed by atoms with Gasteiger partial charge in [-0.2, -0.15) is 0 Å². The molecule has 0 spiro atoms. The molecule has 0 radical (unpaired) electrons. The van der Waals surface area contributed by atoms with E-state index in [9.17, 15) is 19.7 Å². The first-order valence-electron chi connectivity index (χ1n) is 8.85. The Morgan fingerprint density at radius 2 is 1.79 bits per heavy atom. The summed E-state index contributed by atoms with van der Waals surface area (Å²) in [6.07, 6.45) is 0. The Balaban J connectivity index is 1.97. The maximum absolute atomic E-state index is 12.1. The summed E-state index contributed by atoms with van der Waals surface area (Å²) in [4.78, 5) is 34.4. The zero-order valence-corrected chi connectivity index (χ0v) is 16.9. The molecule has 9 heteroatoms. The Morgan fingerprint density at radius 1 is 1.14 bits per heavy atom. The van der Waals surface area contributed by atoms with Crippen molar-refractivity contribution in [1.82, 2.24) is 5.32 Å². The highest BCUT2D eigenvalue weighted by atomic mass is 35.5. The van der Waals surface area contributed by atoms with Crippen LogP contribution in [-0.2, 0) is 9.53 Å². The largest absolute Gasteiger partial charge is 0.452 e. The quantitative estimate of drug-likeness (QED) is 0.386. The number of esters is 1. The van der Waals surface area contributed by atoms with Crippen LogP contribution in [0.3, 0.4) is 0 Å². The average Bonchev–Trinajstić information content (AvgIpc) is 2.67. The number of nitro groups is 1. The lowest BCUT2D eigenvalue weighted by Crippen LogP contribution is -2.38. The number of nitrogens with one attached hydrogen (secondary N) is 1. The van der Waals surface area contributed by atoms with Crippen LogP contribution >= 0.6 is 11.6 Å². The lowest BCUT2D eigenvalue weighted by atomic mass is 10.1. The van der Waals surface area contributed by atoms with Crippen LogP contribution in [0.4, 0.5) is 5.69 Å². The summed E-state index contributed by atoms with van der Waals surface area (Å²) in [5, 5.41) is 14.1. The van der Waals surface area contributed by atoms with Crippen molar-refractivity contribution >= 4 is 29.2 Å². The van der Waals surface area contributed by atoms with Gasteiger partial charge in [-0.3, -0.25) is 14.9 Å². The molecule has 0 aliphatic heterocycles. The smallest absolute Gasteiger partial charge is 0.338 e. The molecule has 2 aromatic carbocycles. The SMILES string of the molecule is CC(C)[C@H](C)NC(=O)COC(=O)c1ccc(Oc2ccc(Cl)cc2[N+](=O)[O-])cc1. The molecule has 0 bridgehead atoms. The first kappa shape index (κ1) is 22.2. The van der Waals surface area contributed by atoms with E-state index in [1.807, 2.05) is 20.8 Å². The Hall–Kier alpha value is -3.13. The molecular formula is C20H21ClN2O6. The molecule has 0 heterocycles. The van der Waals surface area contributed by atoms with E-state index in [1.165, 1.54) is 42.5 Å². The van der Waals surface area contributed by atoms with Crippen molar-refractivity contribution in [2.24, 2.45) is 5.92 Å². The van der Waals surface area contributed by atoms with Crippen molar-refractivity contribution in [3.05, 3.63) is 63.2 Å². The van der Waals surface area contributed by atoms with Crippen LogP contribution < -0.4 is 10.1 Å². The molecule has 0 saturated carbocycles. The predicted octanol–water partition coefficient (Wildman–Crippen LogP) is 4.36. The third kappa shape index (κ3) is 6.46. The minimum absolute atomic E-state index is 0.0191. The van der Waals surface area contributed by atoms with Crippen molar-refractivity contribution in [1.29, 1.82) is 0 Å². The van der Waals surface area contributed by atoms with Gasteiger partial charge in [-0.1, -0.05) is 25.4 Å². The second-order valence-electron chi connectivity index (χ2n) is 6.67. The summed E-state index contributed by atoms with van der Waals surface area (Å²) >= 11 is 5.77. The van der Waals surface area contributed by atoms with Crippen LogP contribution in [0, 0.1) is 16.0 Å². The van der Waals surface area contributed by atoms with E-state index in [4.69, 9.17) is 21.1 Å². The number of benzene rings is 2. The van der Waals surface area contributed by atoms with Gasteiger partial charge in [0.2, 0.25) is 5.75 Å². The summed E-state index contributed by atoms with van der Waals surface area (Å²) in [6, 6.07) is 9.83. The highest BCUT2D eigenvalue weighted by Crippen LogP contribution is 2.33. The highest BCUT2D eigenvalue weighted by Gasteiger charge is 2.17. The highest BCUT2D eigenvalue weighted by molar-refractivity contribution is 6.30. The Labute approximate surface area is 172 Å². The molecule has 1 N–H and O–H groups in total. The molecule has 8 nitrogen and oxygen atoms in total. The number of amides is 1. The average molecular weight is 421 g/mol. The van der Waals surface area contributed by atoms with Crippen molar-refractivity contribution in [3.63, 3.8) is 0 Å². The van der Waals surface area contributed by atoms with E-state index >= 15 is 0 Å². The van der Waals surface area contributed by atoms with Gasteiger partial charge in [0.05, 0.1) is 10.5 Å². The number of rotatable bonds is 8. The number of hydrogen-bond donors (Lipinski definition) is 1. The minimum Gasteiger partial charge on any atom is -0.452 e. The van der Waals surface area contributed by atoms with E-state index in [2.05, 4.69) is 5.32 Å². The van der Waals surface area contributed by atoms with Crippen molar-refractivity contribution < 1.29 is 24.0 Å². The number of nitro benzene ring substituents is 1. The predicted molar refractivity (Wildman–Crippen MR) is 107 cm³/mol. The Kier molecular flexibility index (Phi) is 7.55. The van der Waals surface area contributed by atoms with Crippen molar-refractivity contribution in [2.75, 3.05) is 6.61 Å². The molecule has 0 fully saturated rings. The van der Waals surface area contributed by atoms with Crippen LogP contribution in [0.5, 0.6) is 11.5 Å². The summed E-state index contributed by atoms with van der Waals surface area (Å²) in [7, 11) is 0. The van der Waals surface area contributed by atoms with E-state index in [-0.39, 0.29) is 52.2 Å². The second kappa shape index (κ2) is 9.88. The number of ether oxygens (including phenoxy) is 2. The third-order valence-corrected chi connectivity index (χ3v) is 4.39. The fourth-order valence-corrected chi connectivity index (χ4v) is 2.35. The van der Waals surface area contributed by atoms with Gasteiger partial charge >= 0.3 is 11.7 Å². The molecule has 154 valence electrons. The number of nitrogens with zero attached hydrogens (tertiary/aromatic N) is 1. The zero-order valence-electron chi connectivity index (χ0n) is 16.2. The maximum atomic E-state index is 12.1. The summed E-state index contributed by atoms with van der Waals surface area (Å²) in [6.45, 7) is 5.43. The molecule has 0 unspecified atom stereocenters. The molecule has 0 aliphatic rings. The molecule has 0 aromatic heterocycles. The number of carbonyl (C=O) groups is 2. The third-order valence-electron chi connectivity index (χ3n) is 4.16. The monoisotopic (exact) mass is 420 g/mol. The maximum Gasteiger partial charge on any atom is 0.338 e. The van der Waals surface area contributed by atoms with E-state index in [0.29, 0.717) is 0 Å². The van der Waals surface area contributed by atoms with Gasteiger partial charge in [0.15, 0.2) is 6.61 Å². The van der Waals surface area contributed by atoms with Gasteiger partial charge in [-0.15, -0.1) is 0 Å². The van der Waals surface area contributed by atoms with Crippen LogP contribution in [-0.4, -0.2) is 29.4 Å². The number of hydrogen-bond acceptors (Lipinski definition) is 6. The van der Waals surface area contributed by atoms with Gasteiger partial charge in [0.1, 0.15) is 5.75 Å². The number of carbonyl (C=O) groups excluding carboxylic acids is 2. The molecule has 2 aromatic rings. The van der Waals surface area contributed by atoms with Crippen molar-refractivity contribution in [2.45, 2.75) is 26.8 Å². The van der Waals surface area contributed by atoms with E-state index in [0.717, 1.165) is 0 Å². The second-order valence-corrected chi connectivity index (χ2v) is 7.11. The lowest BCUT2D eigenvalue weighted by Gasteiger charge is -2.17. The van der Waals surface area contributed by atoms with E-state index in [1.54, 1.807) is 0 Å². The minimum atomic E-state index is -0.665. The molecule has 0 saturated heterocycles. The standard InChI is InChI=1S/C20H21ClN2O6/c1-12(2)13(3)22-19(24)11-28-20(25)14-4-7-16(8-5-14)29-18-9-6-15(21)10-17(18)23(26)27/h4-10,12-13H,11H2,1-3H3,(H,22,24)/t13-/m0/s1. The van der Waals surface area contributed by atoms with Crippen molar-refractivity contribution in [3.8, 4) is 11.5 Å². The normalized spacial score (nSPS) is 11.6. The lowest BCUT2D eigenvalue weighted by molar-refractivity contribution is -0.385. The topological polar surface area (TPSA) is 108 Å². The molecule has 29 heavy (non-hydrogen) atoms. The molecule has 2 rings (SSSR count). The van der Waals surface area contributed by atoms with E-state index < -0.39 is 10.9 Å². The Bertz CT molecular complexity index is 898. The number of halogens is 1.